The molecule has 3 rings (SSSR count). The van der Waals surface area contributed by atoms with Crippen LogP contribution in [0.4, 0.5) is 0 Å². The third kappa shape index (κ3) is 3.59. The predicted octanol–water partition coefficient (Wildman–Crippen LogP) is 1.66. The fraction of sp³-hybridized carbons (Fsp3) is 0.389. The van der Waals surface area contributed by atoms with Crippen molar-refractivity contribution in [3.63, 3.8) is 0 Å². The van der Waals surface area contributed by atoms with Crippen molar-refractivity contribution in [2.45, 2.75) is 30.7 Å². The Kier molecular flexibility index (Phi) is 4.92. The number of nitrogens with one attached hydrogen (secondary N) is 1. The van der Waals surface area contributed by atoms with Gasteiger partial charge in [0.1, 0.15) is 5.60 Å². The molecule has 0 spiro atoms. The van der Waals surface area contributed by atoms with E-state index in [9.17, 15) is 13.5 Å². The average molecular weight is 362 g/mol. The van der Waals surface area contributed by atoms with Gasteiger partial charge in [-0.25, -0.2) is 13.1 Å². The number of rotatable bonds is 5. The van der Waals surface area contributed by atoms with E-state index in [4.69, 9.17) is 4.74 Å². The molecule has 1 aromatic carbocycles. The molecule has 7 heteroatoms. The summed E-state index contributed by atoms with van der Waals surface area (Å²) < 4.78 is 32.3. The zero-order valence-electron chi connectivity index (χ0n) is 14.2. The van der Waals surface area contributed by atoms with Crippen LogP contribution < -0.4 is 4.72 Å². The minimum Gasteiger partial charge on any atom is -0.381 e. The molecule has 0 radical (unpaired) electrons. The van der Waals surface area contributed by atoms with Gasteiger partial charge in [0.2, 0.25) is 10.0 Å². The van der Waals surface area contributed by atoms with Gasteiger partial charge in [-0.2, -0.15) is 0 Å². The van der Waals surface area contributed by atoms with Crippen molar-refractivity contribution < 1.29 is 18.3 Å². The van der Waals surface area contributed by atoms with Gasteiger partial charge < -0.3 is 9.84 Å². The molecule has 1 fully saturated rings. The van der Waals surface area contributed by atoms with Gasteiger partial charge in [-0.1, -0.05) is 30.3 Å². The second-order valence-electron chi connectivity index (χ2n) is 6.50. The number of sulfonamides is 1. The van der Waals surface area contributed by atoms with E-state index < -0.39 is 26.9 Å². The maximum atomic E-state index is 12.2. The number of benzene rings is 1. The SMILES string of the molecule is CC(C)S(=O)(=O)NC1COCC1(O)c1ccc(-c2ccccn2)cc1. The summed E-state index contributed by atoms with van der Waals surface area (Å²) >= 11 is 0. The molecule has 0 amide bonds. The van der Waals surface area contributed by atoms with Crippen LogP contribution in [-0.4, -0.2) is 43.0 Å². The summed E-state index contributed by atoms with van der Waals surface area (Å²) in [5.41, 5.74) is 0.970. The summed E-state index contributed by atoms with van der Waals surface area (Å²) in [5.74, 6) is 0. The first-order valence-corrected chi connectivity index (χ1v) is 9.71. The van der Waals surface area contributed by atoms with Gasteiger partial charge in [0.05, 0.1) is 30.2 Å². The highest BCUT2D eigenvalue weighted by atomic mass is 32.2. The first kappa shape index (κ1) is 18.0. The van der Waals surface area contributed by atoms with Gasteiger partial charge in [-0.15, -0.1) is 0 Å². The van der Waals surface area contributed by atoms with E-state index in [0.29, 0.717) is 5.56 Å². The highest BCUT2D eigenvalue weighted by molar-refractivity contribution is 7.90. The van der Waals surface area contributed by atoms with Crippen LogP contribution >= 0.6 is 0 Å². The standard InChI is InChI=1S/C18H22N2O4S/c1-13(2)25(22,23)20-17-11-24-12-18(17,21)15-8-6-14(7-9-15)16-5-3-4-10-19-16/h3-10,13,17,20-21H,11-12H2,1-2H3. The van der Waals surface area contributed by atoms with Gasteiger partial charge in [0, 0.05) is 11.8 Å². The van der Waals surface area contributed by atoms with E-state index >= 15 is 0 Å². The van der Waals surface area contributed by atoms with Crippen molar-refractivity contribution in [1.82, 2.24) is 9.71 Å². The zero-order chi connectivity index (χ0) is 18.1. The van der Waals surface area contributed by atoms with E-state index in [-0.39, 0.29) is 13.2 Å². The van der Waals surface area contributed by atoms with Crippen LogP contribution in [0, 0.1) is 0 Å². The minimum atomic E-state index is -3.51. The van der Waals surface area contributed by atoms with Crippen molar-refractivity contribution in [3.8, 4) is 11.3 Å². The van der Waals surface area contributed by atoms with Gasteiger partial charge in [-0.05, 0) is 31.5 Å². The lowest BCUT2D eigenvalue weighted by molar-refractivity contribution is 0.0121. The van der Waals surface area contributed by atoms with E-state index in [0.717, 1.165) is 11.3 Å². The summed E-state index contributed by atoms with van der Waals surface area (Å²) in [7, 11) is -3.51. The molecule has 25 heavy (non-hydrogen) atoms. The molecule has 1 aliphatic heterocycles. The average Bonchev–Trinajstić information content (AvgIpc) is 2.97. The summed E-state index contributed by atoms with van der Waals surface area (Å²) in [5, 5.41) is 10.5. The second kappa shape index (κ2) is 6.84. The lowest BCUT2D eigenvalue weighted by Gasteiger charge is -2.29. The lowest BCUT2D eigenvalue weighted by atomic mass is 9.89. The van der Waals surface area contributed by atoms with Crippen LogP contribution in [0.5, 0.6) is 0 Å². The Hall–Kier alpha value is -1.80. The molecular formula is C18H22N2O4S. The summed E-state index contributed by atoms with van der Waals surface area (Å²) in [6.07, 6.45) is 1.72. The summed E-state index contributed by atoms with van der Waals surface area (Å²) in [4.78, 5) is 4.30. The van der Waals surface area contributed by atoms with Gasteiger partial charge in [0.25, 0.3) is 0 Å². The van der Waals surface area contributed by atoms with Crippen molar-refractivity contribution in [2.75, 3.05) is 13.2 Å². The van der Waals surface area contributed by atoms with Gasteiger partial charge >= 0.3 is 0 Å². The molecule has 134 valence electrons. The van der Waals surface area contributed by atoms with E-state index in [1.807, 2.05) is 30.3 Å². The molecule has 1 aromatic heterocycles. The van der Waals surface area contributed by atoms with Crippen LogP contribution in [0.1, 0.15) is 19.4 Å². The van der Waals surface area contributed by atoms with Crippen LogP contribution in [0.2, 0.25) is 0 Å². The number of hydrogen-bond acceptors (Lipinski definition) is 5. The fourth-order valence-corrected chi connectivity index (χ4v) is 3.72. The smallest absolute Gasteiger partial charge is 0.214 e. The molecule has 0 bridgehead atoms. The van der Waals surface area contributed by atoms with Crippen molar-refractivity contribution in [2.24, 2.45) is 0 Å². The van der Waals surface area contributed by atoms with Crippen LogP contribution in [0.25, 0.3) is 11.3 Å². The van der Waals surface area contributed by atoms with Crippen molar-refractivity contribution >= 4 is 10.0 Å². The van der Waals surface area contributed by atoms with Crippen LogP contribution in [0.15, 0.2) is 48.7 Å². The van der Waals surface area contributed by atoms with Gasteiger partial charge in [-0.3, -0.25) is 4.98 Å². The number of aromatic nitrogens is 1. The zero-order valence-corrected chi connectivity index (χ0v) is 15.0. The number of hydrogen-bond donors (Lipinski definition) is 2. The van der Waals surface area contributed by atoms with Crippen LogP contribution in [0.3, 0.4) is 0 Å². The molecule has 1 aliphatic rings. The van der Waals surface area contributed by atoms with E-state index in [1.54, 1.807) is 32.2 Å². The second-order valence-corrected chi connectivity index (χ2v) is 8.76. The Balaban J connectivity index is 1.86. The van der Waals surface area contributed by atoms with E-state index in [2.05, 4.69) is 9.71 Å². The Morgan fingerprint density at radius 2 is 1.96 bits per heavy atom. The quantitative estimate of drug-likeness (QED) is 0.845. The normalized spacial score (nSPS) is 23.9. The molecule has 2 heterocycles. The highest BCUT2D eigenvalue weighted by Gasteiger charge is 2.46. The Labute approximate surface area is 147 Å². The van der Waals surface area contributed by atoms with Crippen molar-refractivity contribution in [1.29, 1.82) is 0 Å². The van der Waals surface area contributed by atoms with E-state index in [1.165, 1.54) is 0 Å². The third-order valence-electron chi connectivity index (χ3n) is 4.46. The topological polar surface area (TPSA) is 88.5 Å². The van der Waals surface area contributed by atoms with Gasteiger partial charge in [0.15, 0.2) is 0 Å². The number of ether oxygens (including phenoxy) is 1. The summed E-state index contributed by atoms with van der Waals surface area (Å²) in [6, 6.07) is 12.2. The molecule has 2 atom stereocenters. The number of aliphatic hydroxyl groups is 1. The Bertz CT molecular complexity index is 822. The molecule has 2 unspecified atom stereocenters. The molecule has 0 aliphatic carbocycles. The minimum absolute atomic E-state index is 0.0429. The molecule has 2 aromatic rings. The maximum Gasteiger partial charge on any atom is 0.214 e. The molecule has 2 N–H and O–H groups in total. The number of pyridine rings is 1. The molecule has 0 saturated carbocycles. The lowest BCUT2D eigenvalue weighted by Crippen LogP contribution is -2.51. The molecular weight excluding hydrogens is 340 g/mol. The van der Waals surface area contributed by atoms with Crippen LogP contribution in [-0.2, 0) is 20.4 Å². The maximum absolute atomic E-state index is 12.2. The fourth-order valence-electron chi connectivity index (χ4n) is 2.78. The Morgan fingerprint density at radius 3 is 2.56 bits per heavy atom. The molecule has 1 saturated heterocycles. The molecule has 6 nitrogen and oxygen atoms in total. The largest absolute Gasteiger partial charge is 0.381 e. The monoisotopic (exact) mass is 362 g/mol. The predicted molar refractivity (Wildman–Crippen MR) is 95.4 cm³/mol. The summed E-state index contributed by atoms with van der Waals surface area (Å²) in [6.45, 7) is 3.36. The third-order valence-corrected chi connectivity index (χ3v) is 6.31. The number of nitrogens with zero attached hydrogens (tertiary/aromatic N) is 1. The first-order valence-electron chi connectivity index (χ1n) is 8.16. The van der Waals surface area contributed by atoms with Crippen molar-refractivity contribution in [3.05, 3.63) is 54.2 Å². The first-order chi connectivity index (χ1) is 11.8. The highest BCUT2D eigenvalue weighted by Crippen LogP contribution is 2.32. The Morgan fingerprint density at radius 1 is 1.24 bits per heavy atom.